The second-order valence-corrected chi connectivity index (χ2v) is 2.84. The molecular weight excluding hydrogens is 144 g/mol. The Morgan fingerprint density at radius 3 is 2.55 bits per heavy atom. The first-order valence-corrected chi connectivity index (χ1v) is 3.66. The third-order valence-corrected chi connectivity index (χ3v) is 1.32. The van der Waals surface area contributed by atoms with Gasteiger partial charge in [0.1, 0.15) is 0 Å². The van der Waals surface area contributed by atoms with Crippen LogP contribution in [0.15, 0.2) is 0 Å². The van der Waals surface area contributed by atoms with Crippen molar-refractivity contribution in [3.8, 4) is 0 Å². The van der Waals surface area contributed by atoms with Crippen LogP contribution in [-0.4, -0.2) is 24.7 Å². The summed E-state index contributed by atoms with van der Waals surface area (Å²) in [5, 5.41) is 0. The van der Waals surface area contributed by atoms with Crippen molar-refractivity contribution in [3.05, 3.63) is 0 Å². The number of rotatable bonds is 4. The molecule has 0 aliphatic heterocycles. The zero-order chi connectivity index (χ0) is 8.91. The van der Waals surface area contributed by atoms with E-state index in [9.17, 15) is 4.79 Å². The lowest BCUT2D eigenvalue weighted by Crippen LogP contribution is -2.45. The molecule has 0 radical (unpaired) electrons. The van der Waals surface area contributed by atoms with E-state index < -0.39 is 5.54 Å². The van der Waals surface area contributed by atoms with Gasteiger partial charge in [-0.2, -0.15) is 0 Å². The van der Waals surface area contributed by atoms with E-state index >= 15 is 0 Å². The monoisotopic (exact) mass is 160 g/mol. The molecule has 1 atom stereocenters. The van der Waals surface area contributed by atoms with Gasteiger partial charge in [-0.05, 0) is 13.8 Å². The van der Waals surface area contributed by atoms with Crippen LogP contribution in [0.1, 0.15) is 20.3 Å². The van der Waals surface area contributed by atoms with Gasteiger partial charge >= 0.3 is 5.97 Å². The number of hydrogen-bond acceptors (Lipinski definition) is 4. The maximum atomic E-state index is 10.9. The molecule has 0 aromatic carbocycles. The summed E-state index contributed by atoms with van der Waals surface area (Å²) in [4.78, 5) is 10.9. The van der Waals surface area contributed by atoms with Gasteiger partial charge in [0.15, 0.2) is 0 Å². The van der Waals surface area contributed by atoms with Crippen molar-refractivity contribution in [1.82, 2.24) is 0 Å². The van der Waals surface area contributed by atoms with Crippen LogP contribution in [-0.2, 0) is 9.53 Å². The van der Waals surface area contributed by atoms with Gasteiger partial charge in [0, 0.05) is 12.1 Å². The van der Waals surface area contributed by atoms with Gasteiger partial charge in [-0.1, -0.05) is 0 Å². The van der Waals surface area contributed by atoms with Crippen LogP contribution in [0.2, 0.25) is 0 Å². The number of esters is 1. The van der Waals surface area contributed by atoms with Crippen LogP contribution < -0.4 is 11.5 Å². The van der Waals surface area contributed by atoms with Crippen LogP contribution in [0.25, 0.3) is 0 Å². The van der Waals surface area contributed by atoms with Gasteiger partial charge in [0.25, 0.3) is 0 Å². The standard InChI is InChI=1S/C7H16N2O2/c1-3-11-6(10)4-7(2,9)5-8/h3-5,8-9H2,1-2H3. The minimum absolute atomic E-state index is 0.178. The highest BCUT2D eigenvalue weighted by molar-refractivity contribution is 5.70. The second kappa shape index (κ2) is 4.31. The Bertz CT molecular complexity index is 134. The average Bonchev–Trinajstić information content (AvgIpc) is 1.87. The highest BCUT2D eigenvalue weighted by atomic mass is 16.5. The SMILES string of the molecule is CCOC(=O)CC(C)(N)CN. The Labute approximate surface area is 66.9 Å². The van der Waals surface area contributed by atoms with Crippen LogP contribution >= 0.6 is 0 Å². The summed E-state index contributed by atoms with van der Waals surface area (Å²) in [7, 11) is 0. The third kappa shape index (κ3) is 4.75. The third-order valence-electron chi connectivity index (χ3n) is 1.32. The summed E-state index contributed by atoms with van der Waals surface area (Å²) in [5.41, 5.74) is 10.3. The smallest absolute Gasteiger partial charge is 0.307 e. The van der Waals surface area contributed by atoms with Gasteiger partial charge in [0.05, 0.1) is 13.0 Å². The van der Waals surface area contributed by atoms with Crippen molar-refractivity contribution in [1.29, 1.82) is 0 Å². The molecule has 1 unspecified atom stereocenters. The minimum atomic E-state index is -0.633. The molecule has 0 fully saturated rings. The average molecular weight is 160 g/mol. The zero-order valence-corrected chi connectivity index (χ0v) is 7.09. The van der Waals surface area contributed by atoms with Gasteiger partial charge in [-0.15, -0.1) is 0 Å². The van der Waals surface area contributed by atoms with E-state index in [4.69, 9.17) is 16.2 Å². The lowest BCUT2D eigenvalue weighted by molar-refractivity contribution is -0.144. The fraction of sp³-hybridized carbons (Fsp3) is 0.857. The van der Waals surface area contributed by atoms with Crippen molar-refractivity contribution in [3.63, 3.8) is 0 Å². The molecule has 0 aliphatic carbocycles. The Morgan fingerprint density at radius 2 is 2.18 bits per heavy atom. The predicted molar refractivity (Wildman–Crippen MR) is 42.9 cm³/mol. The molecule has 4 N–H and O–H groups in total. The molecule has 0 aromatic rings. The van der Waals surface area contributed by atoms with Crippen LogP contribution in [0.5, 0.6) is 0 Å². The van der Waals surface area contributed by atoms with Crippen LogP contribution in [0, 0.1) is 0 Å². The maximum absolute atomic E-state index is 10.9. The van der Waals surface area contributed by atoms with E-state index in [0.29, 0.717) is 6.61 Å². The molecule has 0 saturated heterocycles. The maximum Gasteiger partial charge on any atom is 0.307 e. The van der Waals surface area contributed by atoms with E-state index in [1.807, 2.05) is 0 Å². The summed E-state index contributed by atoms with van der Waals surface area (Å²) in [5.74, 6) is -0.289. The fourth-order valence-electron chi connectivity index (χ4n) is 0.614. The minimum Gasteiger partial charge on any atom is -0.466 e. The molecular formula is C7H16N2O2. The van der Waals surface area contributed by atoms with Gasteiger partial charge in [-0.3, -0.25) is 4.79 Å². The Hall–Kier alpha value is -0.610. The normalized spacial score (nSPS) is 15.6. The molecule has 0 rings (SSSR count). The Balaban J connectivity index is 3.74. The van der Waals surface area contributed by atoms with Crippen molar-refractivity contribution in [2.24, 2.45) is 11.5 Å². The predicted octanol–water partition coefficient (Wildman–Crippen LogP) is -0.384. The number of ether oxygens (including phenoxy) is 1. The summed E-state index contributed by atoms with van der Waals surface area (Å²) < 4.78 is 4.71. The van der Waals surface area contributed by atoms with E-state index in [0.717, 1.165) is 0 Å². The first-order chi connectivity index (χ1) is 5.02. The van der Waals surface area contributed by atoms with Gasteiger partial charge in [0.2, 0.25) is 0 Å². The number of carbonyl (C=O) groups excluding carboxylic acids is 1. The second-order valence-electron chi connectivity index (χ2n) is 2.84. The lowest BCUT2D eigenvalue weighted by atomic mass is 10.0. The van der Waals surface area contributed by atoms with E-state index in [1.54, 1.807) is 13.8 Å². The van der Waals surface area contributed by atoms with Crippen molar-refractivity contribution < 1.29 is 9.53 Å². The Morgan fingerprint density at radius 1 is 1.64 bits per heavy atom. The zero-order valence-electron chi connectivity index (χ0n) is 7.09. The van der Waals surface area contributed by atoms with Crippen molar-refractivity contribution >= 4 is 5.97 Å². The van der Waals surface area contributed by atoms with Crippen molar-refractivity contribution in [2.45, 2.75) is 25.8 Å². The summed E-state index contributed by atoms with van der Waals surface area (Å²) >= 11 is 0. The molecule has 4 heteroatoms. The number of nitrogens with two attached hydrogens (primary N) is 2. The highest BCUT2D eigenvalue weighted by Crippen LogP contribution is 2.03. The molecule has 66 valence electrons. The first kappa shape index (κ1) is 10.4. The van der Waals surface area contributed by atoms with E-state index in [-0.39, 0.29) is 18.9 Å². The fourth-order valence-corrected chi connectivity index (χ4v) is 0.614. The summed E-state index contributed by atoms with van der Waals surface area (Å²) in [6, 6.07) is 0. The van der Waals surface area contributed by atoms with Crippen LogP contribution in [0.4, 0.5) is 0 Å². The first-order valence-electron chi connectivity index (χ1n) is 3.66. The van der Waals surface area contributed by atoms with Crippen molar-refractivity contribution in [2.75, 3.05) is 13.2 Å². The quantitative estimate of drug-likeness (QED) is 0.549. The molecule has 11 heavy (non-hydrogen) atoms. The Kier molecular flexibility index (Phi) is 4.07. The van der Waals surface area contributed by atoms with E-state index in [2.05, 4.69) is 0 Å². The molecule has 0 heterocycles. The molecule has 0 aromatic heterocycles. The largest absolute Gasteiger partial charge is 0.466 e. The highest BCUT2D eigenvalue weighted by Gasteiger charge is 2.21. The van der Waals surface area contributed by atoms with E-state index in [1.165, 1.54) is 0 Å². The molecule has 0 saturated carbocycles. The molecule has 0 aliphatic rings. The molecule has 4 nitrogen and oxygen atoms in total. The molecule has 0 amide bonds. The summed E-state index contributed by atoms with van der Waals surface area (Å²) in [6.07, 6.45) is 0.178. The lowest BCUT2D eigenvalue weighted by Gasteiger charge is -2.20. The van der Waals surface area contributed by atoms with Crippen LogP contribution in [0.3, 0.4) is 0 Å². The molecule has 0 bridgehead atoms. The topological polar surface area (TPSA) is 78.3 Å². The number of hydrogen-bond donors (Lipinski definition) is 2. The van der Waals surface area contributed by atoms with Gasteiger partial charge in [-0.25, -0.2) is 0 Å². The molecule has 0 spiro atoms. The van der Waals surface area contributed by atoms with Gasteiger partial charge < -0.3 is 16.2 Å². The summed E-state index contributed by atoms with van der Waals surface area (Å²) in [6.45, 7) is 4.16. The number of carbonyl (C=O) groups is 1.